The van der Waals surface area contributed by atoms with Crippen LogP contribution in [0.3, 0.4) is 0 Å². The van der Waals surface area contributed by atoms with Gasteiger partial charge in [-0.3, -0.25) is 4.79 Å². The Bertz CT molecular complexity index is 707. The summed E-state index contributed by atoms with van der Waals surface area (Å²) in [7, 11) is 0. The van der Waals surface area contributed by atoms with Crippen LogP contribution in [-0.4, -0.2) is 41.0 Å². The fraction of sp³-hybridized carbons (Fsp3) is 0.474. The quantitative estimate of drug-likeness (QED) is 0.863. The number of amides is 1. The smallest absolute Gasteiger partial charge is 0.255 e. The van der Waals surface area contributed by atoms with Crippen molar-refractivity contribution in [2.45, 2.75) is 44.4 Å². The Morgan fingerprint density at radius 3 is 2.76 bits per heavy atom. The van der Waals surface area contributed by atoms with E-state index in [2.05, 4.69) is 15.2 Å². The molecule has 1 amide bonds. The molecule has 0 radical (unpaired) electrons. The number of ether oxygens (including phenoxy) is 1. The van der Waals surface area contributed by atoms with Gasteiger partial charge in [0.15, 0.2) is 0 Å². The molecule has 0 unspecified atom stereocenters. The van der Waals surface area contributed by atoms with Gasteiger partial charge in [0.1, 0.15) is 12.4 Å². The monoisotopic (exact) mass is 357 g/mol. The number of carbonyl (C=O) groups is 1. The van der Waals surface area contributed by atoms with Crippen LogP contribution in [0.1, 0.15) is 41.7 Å². The van der Waals surface area contributed by atoms with E-state index in [1.54, 1.807) is 16.8 Å². The van der Waals surface area contributed by atoms with Gasteiger partial charge in [-0.05, 0) is 37.8 Å². The van der Waals surface area contributed by atoms with Crippen molar-refractivity contribution >= 4 is 17.2 Å². The summed E-state index contributed by atoms with van der Waals surface area (Å²) in [5, 5.41) is 5.14. The molecule has 1 aromatic heterocycles. The van der Waals surface area contributed by atoms with Gasteiger partial charge in [0.05, 0.1) is 16.8 Å². The highest BCUT2D eigenvalue weighted by Gasteiger charge is 2.32. The Labute approximate surface area is 152 Å². The van der Waals surface area contributed by atoms with E-state index in [0.717, 1.165) is 37.7 Å². The lowest BCUT2D eigenvalue weighted by atomic mass is 10.0. The number of para-hydroxylation sites is 1. The standard InChI is InChI=1S/C19H23N3O2S/c23-19(21-14-7-9-22(10-8-14)16-5-6-16)17-3-1-2-4-18(17)24-11-15-12-25-13-20-15/h1-4,12-14,16H,5-11H2,(H,21,23). The van der Waals surface area contributed by atoms with Crippen molar-refractivity contribution in [3.8, 4) is 5.75 Å². The first kappa shape index (κ1) is 16.5. The molecule has 2 heterocycles. The normalized spacial score (nSPS) is 18.9. The SMILES string of the molecule is O=C(NC1CCN(C2CC2)CC1)c1ccccc1OCc1cscn1. The summed E-state index contributed by atoms with van der Waals surface area (Å²) in [5.41, 5.74) is 3.26. The van der Waals surface area contributed by atoms with Gasteiger partial charge < -0.3 is 15.0 Å². The number of nitrogens with one attached hydrogen (secondary N) is 1. The number of hydrogen-bond acceptors (Lipinski definition) is 5. The van der Waals surface area contributed by atoms with Gasteiger partial charge in [-0.25, -0.2) is 4.98 Å². The Balaban J connectivity index is 1.35. The molecule has 2 aromatic rings. The molecule has 2 aliphatic rings. The van der Waals surface area contributed by atoms with Crippen molar-refractivity contribution in [2.75, 3.05) is 13.1 Å². The minimum absolute atomic E-state index is 0.0428. The van der Waals surface area contributed by atoms with Crippen molar-refractivity contribution < 1.29 is 9.53 Å². The molecule has 4 rings (SSSR count). The predicted octanol–water partition coefficient (Wildman–Crippen LogP) is 3.08. The summed E-state index contributed by atoms with van der Waals surface area (Å²) < 4.78 is 5.82. The van der Waals surface area contributed by atoms with Crippen LogP contribution >= 0.6 is 11.3 Å². The first-order chi connectivity index (χ1) is 12.3. The van der Waals surface area contributed by atoms with Gasteiger partial charge in [0.2, 0.25) is 0 Å². The number of hydrogen-bond donors (Lipinski definition) is 1. The maximum absolute atomic E-state index is 12.7. The van der Waals surface area contributed by atoms with E-state index in [0.29, 0.717) is 17.9 Å². The topological polar surface area (TPSA) is 54.5 Å². The molecule has 0 atom stereocenters. The van der Waals surface area contributed by atoms with E-state index in [1.807, 2.05) is 29.6 Å². The maximum Gasteiger partial charge on any atom is 0.255 e. The summed E-state index contributed by atoms with van der Waals surface area (Å²) in [6.45, 7) is 2.57. The molecule has 5 nitrogen and oxygen atoms in total. The summed E-state index contributed by atoms with van der Waals surface area (Å²) in [6, 6.07) is 8.51. The fourth-order valence-corrected chi connectivity index (χ4v) is 3.90. The minimum Gasteiger partial charge on any atom is -0.486 e. The van der Waals surface area contributed by atoms with E-state index < -0.39 is 0 Å². The van der Waals surface area contributed by atoms with Crippen LogP contribution in [-0.2, 0) is 6.61 Å². The molecule has 1 aliphatic heterocycles. The predicted molar refractivity (Wildman–Crippen MR) is 98.0 cm³/mol. The van der Waals surface area contributed by atoms with E-state index in [9.17, 15) is 4.79 Å². The van der Waals surface area contributed by atoms with Gasteiger partial charge in [0.25, 0.3) is 5.91 Å². The van der Waals surface area contributed by atoms with Crippen LogP contribution in [0.4, 0.5) is 0 Å². The summed E-state index contributed by atoms with van der Waals surface area (Å²) in [4.78, 5) is 19.5. The highest BCUT2D eigenvalue weighted by atomic mass is 32.1. The molecule has 0 bridgehead atoms. The Morgan fingerprint density at radius 1 is 1.24 bits per heavy atom. The van der Waals surface area contributed by atoms with Crippen LogP contribution in [0.25, 0.3) is 0 Å². The number of likely N-dealkylation sites (tertiary alicyclic amines) is 1. The molecule has 1 aliphatic carbocycles. The Morgan fingerprint density at radius 2 is 2.04 bits per heavy atom. The van der Waals surface area contributed by atoms with Crippen LogP contribution in [0, 0.1) is 0 Å². The average molecular weight is 357 g/mol. The maximum atomic E-state index is 12.7. The van der Waals surface area contributed by atoms with Crippen LogP contribution in [0.15, 0.2) is 35.2 Å². The van der Waals surface area contributed by atoms with Crippen molar-refractivity contribution in [1.29, 1.82) is 0 Å². The van der Waals surface area contributed by atoms with Gasteiger partial charge in [0, 0.05) is 30.6 Å². The third-order valence-electron chi connectivity index (χ3n) is 4.92. The third kappa shape index (κ3) is 4.19. The van der Waals surface area contributed by atoms with Crippen LogP contribution in [0.5, 0.6) is 5.75 Å². The Hall–Kier alpha value is -1.92. The Kier molecular flexibility index (Phi) is 4.99. The molecular weight excluding hydrogens is 334 g/mol. The second-order valence-electron chi connectivity index (χ2n) is 6.78. The number of carbonyl (C=O) groups excluding carboxylic acids is 1. The van der Waals surface area contributed by atoms with Crippen molar-refractivity contribution in [3.63, 3.8) is 0 Å². The zero-order chi connectivity index (χ0) is 17.1. The van der Waals surface area contributed by atoms with E-state index in [1.165, 1.54) is 12.8 Å². The highest BCUT2D eigenvalue weighted by Crippen LogP contribution is 2.29. The number of thiazole rings is 1. The summed E-state index contributed by atoms with van der Waals surface area (Å²) >= 11 is 1.54. The summed E-state index contributed by atoms with van der Waals surface area (Å²) in [5.74, 6) is 0.571. The lowest BCUT2D eigenvalue weighted by Crippen LogP contribution is -2.45. The minimum atomic E-state index is -0.0428. The van der Waals surface area contributed by atoms with Gasteiger partial charge in [-0.1, -0.05) is 12.1 Å². The molecular formula is C19H23N3O2S. The van der Waals surface area contributed by atoms with Crippen molar-refractivity contribution in [3.05, 3.63) is 46.4 Å². The molecule has 1 aromatic carbocycles. The number of benzene rings is 1. The molecule has 1 saturated heterocycles. The number of nitrogens with zero attached hydrogens (tertiary/aromatic N) is 2. The average Bonchev–Trinajstić information content (AvgIpc) is 3.36. The molecule has 0 spiro atoms. The van der Waals surface area contributed by atoms with Gasteiger partial charge in [-0.2, -0.15) is 0 Å². The van der Waals surface area contributed by atoms with Crippen molar-refractivity contribution in [1.82, 2.24) is 15.2 Å². The zero-order valence-corrected chi connectivity index (χ0v) is 15.0. The molecule has 6 heteroatoms. The second-order valence-corrected chi connectivity index (χ2v) is 7.50. The van der Waals surface area contributed by atoms with Crippen LogP contribution in [0.2, 0.25) is 0 Å². The van der Waals surface area contributed by atoms with Gasteiger partial charge >= 0.3 is 0 Å². The first-order valence-electron chi connectivity index (χ1n) is 8.93. The van der Waals surface area contributed by atoms with Crippen molar-refractivity contribution in [2.24, 2.45) is 0 Å². The van der Waals surface area contributed by atoms with Gasteiger partial charge in [-0.15, -0.1) is 11.3 Å². The molecule has 1 N–H and O–H groups in total. The fourth-order valence-electron chi connectivity index (χ4n) is 3.35. The first-order valence-corrected chi connectivity index (χ1v) is 9.87. The number of rotatable bonds is 6. The van der Waals surface area contributed by atoms with Crippen LogP contribution < -0.4 is 10.1 Å². The zero-order valence-electron chi connectivity index (χ0n) is 14.2. The number of aromatic nitrogens is 1. The van der Waals surface area contributed by atoms with E-state index >= 15 is 0 Å². The molecule has 132 valence electrons. The largest absolute Gasteiger partial charge is 0.486 e. The lowest BCUT2D eigenvalue weighted by molar-refractivity contribution is 0.0904. The molecule has 2 fully saturated rings. The lowest BCUT2D eigenvalue weighted by Gasteiger charge is -2.32. The molecule has 25 heavy (non-hydrogen) atoms. The third-order valence-corrected chi connectivity index (χ3v) is 5.55. The number of piperidine rings is 1. The molecule has 1 saturated carbocycles. The second kappa shape index (κ2) is 7.54. The highest BCUT2D eigenvalue weighted by molar-refractivity contribution is 7.07. The van der Waals surface area contributed by atoms with E-state index in [-0.39, 0.29) is 11.9 Å². The summed E-state index contributed by atoms with van der Waals surface area (Å²) in [6.07, 6.45) is 4.76. The van der Waals surface area contributed by atoms with E-state index in [4.69, 9.17) is 4.74 Å².